The van der Waals surface area contributed by atoms with Gasteiger partial charge in [-0.1, -0.05) is 0 Å². The SMILES string of the molecule is OCc1csc2ccsc12. The van der Waals surface area contributed by atoms with Crippen LogP contribution in [-0.4, -0.2) is 5.11 Å². The number of aliphatic hydroxyl groups is 1. The van der Waals surface area contributed by atoms with Crippen LogP contribution in [0.1, 0.15) is 5.56 Å². The number of fused-ring (bicyclic) bond motifs is 1. The van der Waals surface area contributed by atoms with Gasteiger partial charge in [-0.05, 0) is 16.8 Å². The largest absolute Gasteiger partial charge is 0.392 e. The molecule has 0 aliphatic carbocycles. The predicted octanol–water partition coefficient (Wildman–Crippen LogP) is 2.46. The summed E-state index contributed by atoms with van der Waals surface area (Å²) in [7, 11) is 0. The molecule has 0 unspecified atom stereocenters. The number of aliphatic hydroxyl groups excluding tert-OH is 1. The van der Waals surface area contributed by atoms with Crippen molar-refractivity contribution in [2.75, 3.05) is 0 Å². The highest BCUT2D eigenvalue weighted by atomic mass is 32.1. The van der Waals surface area contributed by atoms with Crippen LogP contribution in [-0.2, 0) is 6.61 Å². The van der Waals surface area contributed by atoms with Crippen LogP contribution in [0.25, 0.3) is 9.40 Å². The molecule has 2 heterocycles. The molecule has 0 saturated carbocycles. The van der Waals surface area contributed by atoms with Crippen LogP contribution in [0.15, 0.2) is 16.8 Å². The lowest BCUT2D eigenvalue weighted by Gasteiger charge is -1.84. The van der Waals surface area contributed by atoms with Crippen LogP contribution in [0.4, 0.5) is 0 Å². The van der Waals surface area contributed by atoms with E-state index in [9.17, 15) is 0 Å². The first-order valence-corrected chi connectivity index (χ1v) is 4.72. The predicted molar refractivity (Wildman–Crippen MR) is 45.6 cm³/mol. The second kappa shape index (κ2) is 2.34. The Hall–Kier alpha value is -0.380. The van der Waals surface area contributed by atoms with Crippen molar-refractivity contribution in [2.24, 2.45) is 0 Å². The van der Waals surface area contributed by atoms with Crippen molar-refractivity contribution in [1.82, 2.24) is 0 Å². The molecule has 0 fully saturated rings. The van der Waals surface area contributed by atoms with Crippen LogP contribution in [0, 0.1) is 0 Å². The molecular weight excluding hydrogens is 164 g/mol. The van der Waals surface area contributed by atoms with E-state index in [1.54, 1.807) is 22.7 Å². The average Bonchev–Trinajstić information content (AvgIpc) is 2.44. The van der Waals surface area contributed by atoms with Gasteiger partial charge in [-0.3, -0.25) is 0 Å². The van der Waals surface area contributed by atoms with Gasteiger partial charge in [0.1, 0.15) is 0 Å². The van der Waals surface area contributed by atoms with E-state index in [1.807, 2.05) is 5.38 Å². The van der Waals surface area contributed by atoms with Crippen LogP contribution in [0.2, 0.25) is 0 Å². The summed E-state index contributed by atoms with van der Waals surface area (Å²) in [5, 5.41) is 12.9. The Bertz CT molecular complexity index is 334. The first-order chi connectivity index (χ1) is 4.92. The van der Waals surface area contributed by atoms with Crippen molar-refractivity contribution in [2.45, 2.75) is 6.61 Å². The fourth-order valence-corrected chi connectivity index (χ4v) is 3.02. The molecule has 10 heavy (non-hydrogen) atoms. The summed E-state index contributed by atoms with van der Waals surface area (Å²) in [5.74, 6) is 0. The first-order valence-electron chi connectivity index (χ1n) is 2.96. The maximum Gasteiger partial charge on any atom is 0.0704 e. The molecule has 0 amide bonds. The van der Waals surface area contributed by atoms with E-state index in [4.69, 9.17) is 5.11 Å². The van der Waals surface area contributed by atoms with E-state index < -0.39 is 0 Å². The molecule has 0 aliphatic rings. The summed E-state index contributed by atoms with van der Waals surface area (Å²) in [6.07, 6.45) is 0. The van der Waals surface area contributed by atoms with Gasteiger partial charge in [0.15, 0.2) is 0 Å². The maximum atomic E-state index is 8.86. The van der Waals surface area contributed by atoms with Gasteiger partial charge in [-0.2, -0.15) is 0 Å². The standard InChI is InChI=1S/C7H6OS2/c8-3-5-4-10-6-1-2-9-7(5)6/h1-2,4,8H,3H2. The van der Waals surface area contributed by atoms with Crippen LogP contribution in [0.3, 0.4) is 0 Å². The Kier molecular flexibility index (Phi) is 1.48. The molecule has 0 bridgehead atoms. The summed E-state index contributed by atoms with van der Waals surface area (Å²) in [5.41, 5.74) is 1.06. The van der Waals surface area contributed by atoms with Gasteiger partial charge in [0, 0.05) is 10.3 Å². The fraction of sp³-hybridized carbons (Fsp3) is 0.143. The minimum atomic E-state index is 0.167. The summed E-state index contributed by atoms with van der Waals surface area (Å²) in [4.78, 5) is 0. The Morgan fingerprint density at radius 2 is 2.30 bits per heavy atom. The van der Waals surface area contributed by atoms with E-state index >= 15 is 0 Å². The van der Waals surface area contributed by atoms with Crippen molar-refractivity contribution in [3.8, 4) is 0 Å². The molecule has 0 aromatic carbocycles. The lowest BCUT2D eigenvalue weighted by Crippen LogP contribution is -1.73. The third-order valence-corrected chi connectivity index (χ3v) is 3.53. The minimum Gasteiger partial charge on any atom is -0.392 e. The van der Waals surface area contributed by atoms with Crippen molar-refractivity contribution in [1.29, 1.82) is 0 Å². The Morgan fingerprint density at radius 1 is 1.40 bits per heavy atom. The quantitative estimate of drug-likeness (QED) is 0.697. The zero-order valence-corrected chi connectivity index (χ0v) is 6.84. The molecule has 1 nitrogen and oxygen atoms in total. The van der Waals surface area contributed by atoms with Crippen LogP contribution in [0.5, 0.6) is 0 Å². The molecular formula is C7H6OS2. The smallest absolute Gasteiger partial charge is 0.0704 e. The van der Waals surface area contributed by atoms with Crippen molar-refractivity contribution < 1.29 is 5.11 Å². The fourth-order valence-electron chi connectivity index (χ4n) is 0.922. The van der Waals surface area contributed by atoms with Crippen molar-refractivity contribution in [3.05, 3.63) is 22.4 Å². The number of hydrogen-bond acceptors (Lipinski definition) is 3. The van der Waals surface area contributed by atoms with Crippen LogP contribution < -0.4 is 0 Å². The van der Waals surface area contributed by atoms with Gasteiger partial charge in [0.05, 0.1) is 11.3 Å². The summed E-state index contributed by atoms with van der Waals surface area (Å²) in [6.45, 7) is 0.167. The Balaban J connectivity index is 2.76. The number of thiophene rings is 2. The molecule has 52 valence electrons. The number of hydrogen-bond donors (Lipinski definition) is 1. The molecule has 1 N–H and O–H groups in total. The normalized spacial score (nSPS) is 10.9. The summed E-state index contributed by atoms with van der Waals surface area (Å²) >= 11 is 3.39. The van der Waals surface area contributed by atoms with E-state index in [1.165, 1.54) is 9.40 Å². The van der Waals surface area contributed by atoms with Gasteiger partial charge < -0.3 is 5.11 Å². The topological polar surface area (TPSA) is 20.2 Å². The molecule has 0 saturated heterocycles. The second-order valence-corrected chi connectivity index (χ2v) is 3.86. The molecule has 0 radical (unpaired) electrons. The third kappa shape index (κ3) is 0.785. The van der Waals surface area contributed by atoms with Gasteiger partial charge in [0.2, 0.25) is 0 Å². The van der Waals surface area contributed by atoms with Gasteiger partial charge >= 0.3 is 0 Å². The van der Waals surface area contributed by atoms with Gasteiger partial charge in [-0.15, -0.1) is 22.7 Å². The van der Waals surface area contributed by atoms with Gasteiger partial charge in [0.25, 0.3) is 0 Å². The molecule has 2 aromatic heterocycles. The Morgan fingerprint density at radius 3 is 3.10 bits per heavy atom. The monoisotopic (exact) mass is 170 g/mol. The van der Waals surface area contributed by atoms with E-state index in [0.717, 1.165) is 5.56 Å². The second-order valence-electron chi connectivity index (χ2n) is 2.03. The summed E-state index contributed by atoms with van der Waals surface area (Å²) in [6, 6.07) is 2.09. The van der Waals surface area contributed by atoms with E-state index in [2.05, 4.69) is 11.4 Å². The summed E-state index contributed by atoms with van der Waals surface area (Å²) < 4.78 is 2.53. The zero-order valence-electron chi connectivity index (χ0n) is 5.20. The van der Waals surface area contributed by atoms with E-state index in [-0.39, 0.29) is 6.61 Å². The number of rotatable bonds is 1. The third-order valence-electron chi connectivity index (χ3n) is 1.42. The average molecular weight is 170 g/mol. The molecule has 0 atom stereocenters. The molecule has 2 aromatic rings. The van der Waals surface area contributed by atoms with Gasteiger partial charge in [-0.25, -0.2) is 0 Å². The van der Waals surface area contributed by atoms with Crippen molar-refractivity contribution in [3.63, 3.8) is 0 Å². The first kappa shape index (κ1) is 6.34. The lowest BCUT2D eigenvalue weighted by molar-refractivity contribution is 0.284. The van der Waals surface area contributed by atoms with E-state index in [0.29, 0.717) is 0 Å². The molecule has 0 aliphatic heterocycles. The highest BCUT2D eigenvalue weighted by Crippen LogP contribution is 2.30. The van der Waals surface area contributed by atoms with Crippen LogP contribution >= 0.6 is 22.7 Å². The maximum absolute atomic E-state index is 8.86. The van der Waals surface area contributed by atoms with Crippen molar-refractivity contribution >= 4 is 32.1 Å². The molecule has 0 spiro atoms. The Labute approximate surface area is 66.6 Å². The molecule has 2 rings (SSSR count). The lowest BCUT2D eigenvalue weighted by atomic mass is 10.3. The zero-order chi connectivity index (χ0) is 6.97. The molecule has 3 heteroatoms. The highest BCUT2D eigenvalue weighted by Gasteiger charge is 2.02. The minimum absolute atomic E-state index is 0.167. The highest BCUT2D eigenvalue weighted by molar-refractivity contribution is 7.26.